The molecule has 0 fully saturated rings. The van der Waals surface area contributed by atoms with Crippen LogP contribution in [0.15, 0.2) is 23.2 Å². The van der Waals surface area contributed by atoms with Crippen molar-refractivity contribution in [2.24, 2.45) is 4.99 Å². The quantitative estimate of drug-likeness (QED) is 0.228. The predicted molar refractivity (Wildman–Crippen MR) is 117 cm³/mol. The van der Waals surface area contributed by atoms with Crippen LogP contribution < -0.4 is 15.4 Å². The summed E-state index contributed by atoms with van der Waals surface area (Å²) in [6.07, 6.45) is 2.09. The van der Waals surface area contributed by atoms with Crippen LogP contribution in [0.3, 0.4) is 0 Å². The molecule has 0 heterocycles. The molecule has 0 unspecified atom stereocenters. The van der Waals surface area contributed by atoms with Crippen molar-refractivity contribution in [3.8, 4) is 5.75 Å². The van der Waals surface area contributed by atoms with Crippen molar-refractivity contribution in [2.75, 3.05) is 39.5 Å². The Balaban J connectivity index is 0.00000576. The van der Waals surface area contributed by atoms with Crippen molar-refractivity contribution in [3.63, 3.8) is 0 Å². The van der Waals surface area contributed by atoms with Crippen molar-refractivity contribution in [2.45, 2.75) is 40.5 Å². The standard InChI is InChI=1S/C19H33N3O2.HI/c1-5-20-19(21-9-7-8-11-23-6-2)22-10-12-24-18-14-16(3)13-17(4)15-18;/h13-15H,5-12H2,1-4H3,(H2,20,21,22);1H. The van der Waals surface area contributed by atoms with E-state index in [1.165, 1.54) is 11.1 Å². The molecule has 0 atom stereocenters. The molecule has 25 heavy (non-hydrogen) atoms. The zero-order valence-corrected chi connectivity index (χ0v) is 18.4. The number of aliphatic imine (C=N–C) groups is 1. The molecule has 1 aromatic carbocycles. The second kappa shape index (κ2) is 15.3. The van der Waals surface area contributed by atoms with Gasteiger partial charge in [0.15, 0.2) is 5.96 Å². The molecule has 0 bridgehead atoms. The smallest absolute Gasteiger partial charge is 0.191 e. The Morgan fingerprint density at radius 1 is 1.00 bits per heavy atom. The van der Waals surface area contributed by atoms with Gasteiger partial charge in [-0.05, 0) is 63.8 Å². The minimum absolute atomic E-state index is 0. The van der Waals surface area contributed by atoms with Crippen LogP contribution in [0.5, 0.6) is 5.75 Å². The van der Waals surface area contributed by atoms with Crippen LogP contribution in [-0.4, -0.2) is 45.4 Å². The van der Waals surface area contributed by atoms with Gasteiger partial charge in [-0.1, -0.05) is 6.07 Å². The largest absolute Gasteiger partial charge is 0.492 e. The highest BCUT2D eigenvalue weighted by Gasteiger charge is 1.99. The Morgan fingerprint density at radius 2 is 1.72 bits per heavy atom. The van der Waals surface area contributed by atoms with E-state index < -0.39 is 0 Å². The van der Waals surface area contributed by atoms with Gasteiger partial charge in [0.25, 0.3) is 0 Å². The van der Waals surface area contributed by atoms with Crippen LogP contribution >= 0.6 is 24.0 Å². The fraction of sp³-hybridized carbons (Fsp3) is 0.632. The Hall–Kier alpha value is -1.02. The lowest BCUT2D eigenvalue weighted by Crippen LogP contribution is -2.39. The van der Waals surface area contributed by atoms with E-state index >= 15 is 0 Å². The number of halogens is 1. The first-order valence-electron chi connectivity index (χ1n) is 8.96. The maximum Gasteiger partial charge on any atom is 0.191 e. The van der Waals surface area contributed by atoms with Crippen LogP contribution in [0.1, 0.15) is 37.8 Å². The summed E-state index contributed by atoms with van der Waals surface area (Å²) >= 11 is 0. The number of nitrogens with zero attached hydrogens (tertiary/aromatic N) is 1. The van der Waals surface area contributed by atoms with Crippen molar-refractivity contribution < 1.29 is 9.47 Å². The van der Waals surface area contributed by atoms with Crippen molar-refractivity contribution in [3.05, 3.63) is 29.3 Å². The van der Waals surface area contributed by atoms with Crippen molar-refractivity contribution in [1.29, 1.82) is 0 Å². The minimum Gasteiger partial charge on any atom is -0.492 e. The molecule has 1 rings (SSSR count). The lowest BCUT2D eigenvalue weighted by Gasteiger charge is -2.12. The van der Waals surface area contributed by atoms with Gasteiger partial charge in [-0.25, -0.2) is 0 Å². The van der Waals surface area contributed by atoms with E-state index in [1.807, 2.05) is 6.92 Å². The lowest BCUT2D eigenvalue weighted by atomic mass is 10.1. The molecule has 6 heteroatoms. The number of hydrogen-bond acceptors (Lipinski definition) is 3. The molecule has 5 nitrogen and oxygen atoms in total. The third-order valence-electron chi connectivity index (χ3n) is 3.37. The van der Waals surface area contributed by atoms with E-state index in [-0.39, 0.29) is 24.0 Å². The average molecular weight is 463 g/mol. The van der Waals surface area contributed by atoms with Crippen molar-refractivity contribution >= 4 is 29.9 Å². The minimum atomic E-state index is 0. The lowest BCUT2D eigenvalue weighted by molar-refractivity contribution is 0.144. The number of nitrogens with one attached hydrogen (secondary N) is 2. The summed E-state index contributed by atoms with van der Waals surface area (Å²) < 4.78 is 11.1. The molecule has 0 aliphatic rings. The van der Waals surface area contributed by atoms with Gasteiger partial charge in [-0.15, -0.1) is 24.0 Å². The molecule has 0 aliphatic carbocycles. The van der Waals surface area contributed by atoms with Gasteiger partial charge < -0.3 is 20.1 Å². The van der Waals surface area contributed by atoms with Gasteiger partial charge in [-0.3, -0.25) is 4.99 Å². The molecule has 0 spiro atoms. The summed E-state index contributed by atoms with van der Waals surface area (Å²) in [5.41, 5.74) is 2.44. The molecule has 144 valence electrons. The fourth-order valence-electron chi connectivity index (χ4n) is 2.35. The van der Waals surface area contributed by atoms with Gasteiger partial charge in [-0.2, -0.15) is 0 Å². The second-order valence-corrected chi connectivity index (χ2v) is 5.76. The molecule has 0 saturated carbocycles. The van der Waals surface area contributed by atoms with Crippen LogP contribution in [0, 0.1) is 13.8 Å². The average Bonchev–Trinajstić information content (AvgIpc) is 2.53. The second-order valence-electron chi connectivity index (χ2n) is 5.76. The summed E-state index contributed by atoms with van der Waals surface area (Å²) in [5, 5.41) is 6.56. The molecule has 1 aromatic rings. The Labute approximate surface area is 170 Å². The van der Waals surface area contributed by atoms with Crippen LogP contribution in [-0.2, 0) is 4.74 Å². The summed E-state index contributed by atoms with van der Waals surface area (Å²) in [7, 11) is 0. The zero-order chi connectivity index (χ0) is 17.6. The highest BCUT2D eigenvalue weighted by molar-refractivity contribution is 14.0. The number of benzene rings is 1. The molecular formula is C19H34IN3O2. The van der Waals surface area contributed by atoms with Crippen molar-refractivity contribution in [1.82, 2.24) is 10.6 Å². The van der Waals surface area contributed by atoms with Gasteiger partial charge in [0.2, 0.25) is 0 Å². The summed E-state index contributed by atoms with van der Waals surface area (Å²) in [6.45, 7) is 12.8. The first-order chi connectivity index (χ1) is 11.7. The molecule has 0 saturated heterocycles. The topological polar surface area (TPSA) is 54.9 Å². The van der Waals surface area contributed by atoms with Gasteiger partial charge in [0.1, 0.15) is 12.4 Å². The van der Waals surface area contributed by atoms with Gasteiger partial charge >= 0.3 is 0 Å². The highest BCUT2D eigenvalue weighted by atomic mass is 127. The van der Waals surface area contributed by atoms with Gasteiger partial charge in [0, 0.05) is 26.3 Å². The molecule has 2 N–H and O–H groups in total. The number of aryl methyl sites for hydroxylation is 2. The molecule has 0 radical (unpaired) electrons. The van der Waals surface area contributed by atoms with E-state index in [2.05, 4.69) is 54.6 Å². The van der Waals surface area contributed by atoms with Crippen LogP contribution in [0.25, 0.3) is 0 Å². The van der Waals surface area contributed by atoms with E-state index in [0.717, 1.165) is 57.4 Å². The number of ether oxygens (including phenoxy) is 2. The third-order valence-corrected chi connectivity index (χ3v) is 3.37. The monoisotopic (exact) mass is 463 g/mol. The first-order valence-corrected chi connectivity index (χ1v) is 8.96. The highest BCUT2D eigenvalue weighted by Crippen LogP contribution is 2.15. The van der Waals surface area contributed by atoms with E-state index in [9.17, 15) is 0 Å². The van der Waals surface area contributed by atoms with E-state index in [0.29, 0.717) is 6.61 Å². The summed E-state index contributed by atoms with van der Waals surface area (Å²) in [5.74, 6) is 1.77. The van der Waals surface area contributed by atoms with E-state index in [1.54, 1.807) is 0 Å². The number of hydrogen-bond donors (Lipinski definition) is 2. The fourth-order valence-corrected chi connectivity index (χ4v) is 2.35. The first kappa shape index (κ1) is 24.0. The molecule has 0 aliphatic heterocycles. The molecule has 0 aromatic heterocycles. The van der Waals surface area contributed by atoms with Crippen LogP contribution in [0.2, 0.25) is 0 Å². The zero-order valence-electron chi connectivity index (χ0n) is 16.1. The summed E-state index contributed by atoms with van der Waals surface area (Å²) in [6, 6.07) is 6.27. The van der Waals surface area contributed by atoms with Crippen LogP contribution in [0.4, 0.5) is 0 Å². The Kier molecular flexibility index (Phi) is 14.6. The Morgan fingerprint density at radius 3 is 2.36 bits per heavy atom. The summed E-state index contributed by atoms with van der Waals surface area (Å²) in [4.78, 5) is 4.57. The SMILES string of the molecule is CCNC(=NCCCCOCC)NCCOc1cc(C)cc(C)c1.I. The maximum atomic E-state index is 5.80. The normalized spacial score (nSPS) is 11.0. The Bertz CT molecular complexity index is 475. The number of unbranched alkanes of at least 4 members (excludes halogenated alkanes) is 1. The molecular weight excluding hydrogens is 429 g/mol. The third kappa shape index (κ3) is 12.0. The number of guanidine groups is 1. The molecule has 0 amide bonds. The predicted octanol–water partition coefficient (Wildman–Crippen LogP) is 3.67. The number of rotatable bonds is 11. The van der Waals surface area contributed by atoms with E-state index in [4.69, 9.17) is 9.47 Å². The van der Waals surface area contributed by atoms with Gasteiger partial charge in [0.05, 0.1) is 6.54 Å². The maximum absolute atomic E-state index is 5.80.